The number of fused-ring (bicyclic) bond motifs is 3. The van der Waals surface area contributed by atoms with Crippen molar-refractivity contribution in [2.75, 3.05) is 0 Å². The van der Waals surface area contributed by atoms with Gasteiger partial charge in [-0.05, 0) is 31.5 Å². The number of carbonyl (C=O) groups is 2. The number of carbonyl (C=O) groups excluding carboxylic acids is 2. The summed E-state index contributed by atoms with van der Waals surface area (Å²) in [6.07, 6.45) is -0.427. The van der Waals surface area contributed by atoms with Crippen LogP contribution in [0.15, 0.2) is 12.1 Å². The van der Waals surface area contributed by atoms with E-state index in [0.29, 0.717) is 5.56 Å². The van der Waals surface area contributed by atoms with Crippen LogP contribution < -0.4 is 0 Å². The molecule has 2 N–H and O–H groups in total. The van der Waals surface area contributed by atoms with E-state index in [1.807, 2.05) is 0 Å². The van der Waals surface area contributed by atoms with Crippen molar-refractivity contribution in [1.29, 1.82) is 0 Å². The monoisotopic (exact) mass is 306 g/mol. The van der Waals surface area contributed by atoms with Crippen LogP contribution in [-0.2, 0) is 20.1 Å². The van der Waals surface area contributed by atoms with Gasteiger partial charge in [0.1, 0.15) is 11.7 Å². The topological polar surface area (TPSA) is 93.1 Å². The zero-order valence-corrected chi connectivity index (χ0v) is 12.8. The van der Waals surface area contributed by atoms with Crippen molar-refractivity contribution in [2.45, 2.75) is 39.6 Å². The average molecular weight is 306 g/mol. The number of aryl methyl sites for hydroxylation is 1. The molecule has 0 spiro atoms. The number of aromatic hydroxyl groups is 1. The Hall–Kier alpha value is -1.92. The first kappa shape index (κ1) is 15.0. The Balaban J connectivity index is 2.35. The summed E-state index contributed by atoms with van der Waals surface area (Å²) in [5.74, 6) is -4.86. The highest BCUT2D eigenvalue weighted by atomic mass is 16.6. The lowest BCUT2D eigenvalue weighted by molar-refractivity contribution is -0.221. The summed E-state index contributed by atoms with van der Waals surface area (Å²) in [5.41, 5.74) is -0.138. The second-order valence-electron chi connectivity index (χ2n) is 6.60. The number of rotatable bonds is 0. The van der Waals surface area contributed by atoms with Crippen LogP contribution in [0.1, 0.15) is 42.3 Å². The van der Waals surface area contributed by atoms with E-state index in [2.05, 4.69) is 0 Å². The Bertz CT molecular complexity index is 692. The van der Waals surface area contributed by atoms with Crippen molar-refractivity contribution in [1.82, 2.24) is 0 Å². The molecule has 0 radical (unpaired) electrons. The van der Waals surface area contributed by atoms with E-state index in [4.69, 9.17) is 9.47 Å². The van der Waals surface area contributed by atoms with Crippen LogP contribution in [0.25, 0.3) is 0 Å². The minimum Gasteiger partial charge on any atom is -0.508 e. The standard InChI is InChI=1S/C16H18O6/c1-7-5-9(17)6-10-11(7)16(20)12(14(19)21-13(10)18)15(3,4)8(2)22-16/h5-6,8,12,17,20H,1-4H3/t8-,12+,16-/m0/s1. The number of ether oxygens (including phenoxy) is 2. The summed E-state index contributed by atoms with van der Waals surface area (Å²) < 4.78 is 10.6. The van der Waals surface area contributed by atoms with Crippen LogP contribution in [0.4, 0.5) is 0 Å². The summed E-state index contributed by atoms with van der Waals surface area (Å²) in [6.45, 7) is 6.96. The number of hydrogen-bond donors (Lipinski definition) is 2. The van der Waals surface area contributed by atoms with Gasteiger partial charge in [0, 0.05) is 11.0 Å². The van der Waals surface area contributed by atoms with Crippen LogP contribution in [0, 0.1) is 18.3 Å². The quantitative estimate of drug-likeness (QED) is 0.558. The molecule has 1 saturated heterocycles. The van der Waals surface area contributed by atoms with Gasteiger partial charge < -0.3 is 19.7 Å². The summed E-state index contributed by atoms with van der Waals surface area (Å²) in [5, 5.41) is 20.9. The second kappa shape index (κ2) is 4.30. The number of hydrogen-bond acceptors (Lipinski definition) is 6. The van der Waals surface area contributed by atoms with Crippen LogP contribution in [0.2, 0.25) is 0 Å². The highest BCUT2D eigenvalue weighted by Gasteiger charge is 2.65. The first-order chi connectivity index (χ1) is 10.1. The van der Waals surface area contributed by atoms with Gasteiger partial charge in [-0.25, -0.2) is 4.79 Å². The molecule has 1 fully saturated rings. The van der Waals surface area contributed by atoms with E-state index in [9.17, 15) is 19.8 Å². The molecule has 1 aromatic carbocycles. The van der Waals surface area contributed by atoms with Crippen LogP contribution in [0.3, 0.4) is 0 Å². The van der Waals surface area contributed by atoms with E-state index in [-0.39, 0.29) is 16.9 Å². The van der Waals surface area contributed by atoms with Crippen molar-refractivity contribution in [2.24, 2.45) is 11.3 Å². The maximum Gasteiger partial charge on any atom is 0.346 e. The Morgan fingerprint density at radius 1 is 1.23 bits per heavy atom. The molecule has 0 unspecified atom stereocenters. The minimum atomic E-state index is -1.96. The van der Waals surface area contributed by atoms with E-state index in [1.54, 1.807) is 27.7 Å². The molecule has 6 heteroatoms. The fourth-order valence-corrected chi connectivity index (χ4v) is 3.50. The van der Waals surface area contributed by atoms with Crippen molar-refractivity contribution in [3.8, 4) is 5.75 Å². The van der Waals surface area contributed by atoms with Gasteiger partial charge in [0.2, 0.25) is 5.79 Å². The molecule has 3 atom stereocenters. The molecule has 2 aliphatic rings. The maximum absolute atomic E-state index is 12.4. The third-order valence-corrected chi connectivity index (χ3v) is 4.87. The molecular weight excluding hydrogens is 288 g/mol. The molecule has 0 aliphatic carbocycles. The summed E-state index contributed by atoms with van der Waals surface area (Å²) >= 11 is 0. The van der Waals surface area contributed by atoms with Crippen LogP contribution >= 0.6 is 0 Å². The first-order valence-corrected chi connectivity index (χ1v) is 7.09. The molecule has 0 aromatic heterocycles. The lowest BCUT2D eigenvalue weighted by atomic mass is 9.71. The molecule has 118 valence electrons. The Morgan fingerprint density at radius 2 is 1.86 bits per heavy atom. The fraction of sp³-hybridized carbons (Fsp3) is 0.500. The lowest BCUT2D eigenvalue weighted by Crippen LogP contribution is -2.42. The van der Waals surface area contributed by atoms with E-state index >= 15 is 0 Å². The largest absolute Gasteiger partial charge is 0.508 e. The van der Waals surface area contributed by atoms with Crippen molar-refractivity contribution >= 4 is 11.9 Å². The molecule has 0 amide bonds. The first-order valence-electron chi connectivity index (χ1n) is 7.09. The summed E-state index contributed by atoms with van der Waals surface area (Å²) in [4.78, 5) is 24.6. The van der Waals surface area contributed by atoms with Gasteiger partial charge in [0.25, 0.3) is 0 Å². The lowest BCUT2D eigenvalue weighted by Gasteiger charge is -2.31. The Morgan fingerprint density at radius 3 is 2.50 bits per heavy atom. The number of benzene rings is 1. The molecule has 22 heavy (non-hydrogen) atoms. The molecule has 0 bridgehead atoms. The van der Waals surface area contributed by atoms with Gasteiger partial charge in [0.05, 0.1) is 11.7 Å². The van der Waals surface area contributed by atoms with Crippen LogP contribution in [-0.4, -0.2) is 28.3 Å². The van der Waals surface area contributed by atoms with Crippen molar-refractivity contribution in [3.63, 3.8) is 0 Å². The van der Waals surface area contributed by atoms with E-state index in [0.717, 1.165) is 0 Å². The summed E-state index contributed by atoms with van der Waals surface area (Å²) in [6, 6.07) is 2.59. The minimum absolute atomic E-state index is 0.0549. The van der Waals surface area contributed by atoms with Crippen molar-refractivity contribution < 1.29 is 29.3 Å². The Kier molecular flexibility index (Phi) is 2.93. The van der Waals surface area contributed by atoms with Gasteiger partial charge in [-0.2, -0.15) is 0 Å². The molecule has 2 heterocycles. The van der Waals surface area contributed by atoms with Crippen molar-refractivity contribution in [3.05, 3.63) is 28.8 Å². The zero-order valence-electron chi connectivity index (χ0n) is 12.8. The predicted octanol–water partition coefficient (Wildman–Crippen LogP) is 1.60. The number of cyclic esters (lactones) is 2. The SMILES string of the molecule is Cc1cc(O)cc2c1[C@]1(O)O[C@@H](C)C(C)(C)[C@H]1C(=O)OC2=O. The third-order valence-electron chi connectivity index (χ3n) is 4.87. The highest BCUT2D eigenvalue weighted by Crippen LogP contribution is 2.55. The fourth-order valence-electron chi connectivity index (χ4n) is 3.50. The van der Waals surface area contributed by atoms with Gasteiger partial charge in [0.15, 0.2) is 0 Å². The Labute approximate surface area is 127 Å². The molecular formula is C16H18O6. The molecule has 2 aliphatic heterocycles. The zero-order chi connectivity index (χ0) is 16.4. The van der Waals surface area contributed by atoms with Gasteiger partial charge in [-0.1, -0.05) is 13.8 Å². The van der Waals surface area contributed by atoms with E-state index in [1.165, 1.54) is 12.1 Å². The molecule has 3 rings (SSSR count). The number of phenolic OH excluding ortho intramolecular Hbond substituents is 1. The molecule has 6 nitrogen and oxygen atoms in total. The highest BCUT2D eigenvalue weighted by molar-refractivity contribution is 6.01. The normalized spacial score (nSPS) is 33.0. The third kappa shape index (κ3) is 1.74. The summed E-state index contributed by atoms with van der Waals surface area (Å²) in [7, 11) is 0. The van der Waals surface area contributed by atoms with Crippen LogP contribution in [0.5, 0.6) is 5.75 Å². The van der Waals surface area contributed by atoms with Gasteiger partial charge in [-0.3, -0.25) is 4.79 Å². The molecule has 1 aromatic rings. The maximum atomic E-state index is 12.4. The number of phenols is 1. The van der Waals surface area contributed by atoms with E-state index < -0.39 is 35.2 Å². The molecule has 0 saturated carbocycles. The smallest absolute Gasteiger partial charge is 0.346 e. The number of esters is 2. The van der Waals surface area contributed by atoms with Gasteiger partial charge >= 0.3 is 11.9 Å². The second-order valence-corrected chi connectivity index (χ2v) is 6.60. The number of aliphatic hydroxyl groups is 1. The van der Waals surface area contributed by atoms with Gasteiger partial charge in [-0.15, -0.1) is 0 Å². The average Bonchev–Trinajstić information content (AvgIpc) is 2.48. The predicted molar refractivity (Wildman–Crippen MR) is 75.0 cm³/mol.